The summed E-state index contributed by atoms with van der Waals surface area (Å²) in [6.07, 6.45) is 3.07. The Morgan fingerprint density at radius 1 is 1.53 bits per heavy atom. The third-order valence-electron chi connectivity index (χ3n) is 1.55. The third-order valence-corrected chi connectivity index (χ3v) is 3.13. The van der Waals surface area contributed by atoms with Gasteiger partial charge >= 0.3 is 0 Å². The van der Waals surface area contributed by atoms with E-state index in [9.17, 15) is 4.55 Å². The van der Waals surface area contributed by atoms with E-state index in [0.29, 0.717) is 10.7 Å². The predicted octanol–water partition coefficient (Wildman–Crippen LogP) is 2.62. The van der Waals surface area contributed by atoms with Gasteiger partial charge in [-0.2, -0.15) is 0 Å². The maximum Gasteiger partial charge on any atom is 0.144 e. The van der Waals surface area contributed by atoms with Gasteiger partial charge in [-0.15, -0.1) is 0 Å². The average Bonchev–Trinajstić information content (AvgIpc) is 2.12. The van der Waals surface area contributed by atoms with Crippen molar-refractivity contribution in [1.29, 1.82) is 0 Å². The highest BCUT2D eigenvalue weighted by Crippen LogP contribution is 2.16. The van der Waals surface area contributed by atoms with Crippen molar-refractivity contribution in [1.82, 2.24) is 4.98 Å². The van der Waals surface area contributed by atoms with Crippen LogP contribution in [0.3, 0.4) is 0 Å². The van der Waals surface area contributed by atoms with Crippen LogP contribution >= 0.6 is 11.6 Å². The molecule has 0 spiro atoms. The zero-order valence-corrected chi connectivity index (χ0v) is 10.5. The zero-order chi connectivity index (χ0) is 11.5. The Hall–Kier alpha value is -0.580. The van der Waals surface area contributed by atoms with Gasteiger partial charge in [-0.05, 0) is 32.9 Å². The first-order valence-electron chi connectivity index (χ1n) is 4.47. The van der Waals surface area contributed by atoms with Crippen LogP contribution < -0.4 is 0 Å². The first-order chi connectivity index (χ1) is 6.89. The molecule has 0 amide bonds. The maximum absolute atomic E-state index is 11.6. The van der Waals surface area contributed by atoms with E-state index in [1.165, 1.54) is 6.21 Å². The second kappa shape index (κ2) is 4.96. The smallest absolute Gasteiger partial charge is 0.144 e. The lowest BCUT2D eigenvalue weighted by molar-refractivity contribution is 0.562. The van der Waals surface area contributed by atoms with E-state index in [1.54, 1.807) is 18.3 Å². The molecule has 0 aliphatic rings. The van der Waals surface area contributed by atoms with Crippen molar-refractivity contribution in [2.45, 2.75) is 25.5 Å². The molecule has 1 aromatic heterocycles. The fourth-order valence-corrected chi connectivity index (χ4v) is 1.44. The minimum absolute atomic E-state index is 0.352. The summed E-state index contributed by atoms with van der Waals surface area (Å²) in [5, 5.41) is 0.591. The normalized spacial score (nSPS) is 14.5. The average molecular weight is 245 g/mol. The lowest BCUT2D eigenvalue weighted by Gasteiger charge is -2.17. The molecular formula is C10H13ClN2OS. The van der Waals surface area contributed by atoms with Crippen LogP contribution in [0.1, 0.15) is 26.5 Å². The van der Waals surface area contributed by atoms with Crippen molar-refractivity contribution in [3.8, 4) is 0 Å². The molecule has 0 radical (unpaired) electrons. The number of halogens is 1. The molecule has 0 N–H and O–H groups in total. The summed E-state index contributed by atoms with van der Waals surface area (Å²) in [4.78, 5) is 4.03. The number of hydrogen-bond acceptors (Lipinski definition) is 3. The summed E-state index contributed by atoms with van der Waals surface area (Å²) in [6, 6.07) is 3.35. The van der Waals surface area contributed by atoms with Gasteiger partial charge in [-0.3, -0.25) is 4.98 Å². The van der Waals surface area contributed by atoms with Gasteiger partial charge in [0.15, 0.2) is 0 Å². The van der Waals surface area contributed by atoms with E-state index in [4.69, 9.17) is 11.6 Å². The van der Waals surface area contributed by atoms with Crippen LogP contribution in [0.4, 0.5) is 0 Å². The molecule has 15 heavy (non-hydrogen) atoms. The van der Waals surface area contributed by atoms with Gasteiger partial charge in [0.05, 0.1) is 5.69 Å². The molecule has 0 aliphatic heterocycles. The summed E-state index contributed by atoms with van der Waals surface area (Å²) < 4.78 is 15.2. The Morgan fingerprint density at radius 3 is 2.73 bits per heavy atom. The zero-order valence-electron chi connectivity index (χ0n) is 8.90. The van der Waals surface area contributed by atoms with Crippen molar-refractivity contribution in [3.63, 3.8) is 0 Å². The molecule has 0 aliphatic carbocycles. The van der Waals surface area contributed by atoms with Crippen LogP contribution in [0.2, 0.25) is 5.02 Å². The van der Waals surface area contributed by atoms with Crippen LogP contribution in [0, 0.1) is 0 Å². The topological polar surface area (TPSA) is 48.3 Å². The van der Waals surface area contributed by atoms with Crippen LogP contribution in [0.15, 0.2) is 22.7 Å². The highest BCUT2D eigenvalue weighted by Gasteiger charge is 2.25. The Morgan fingerprint density at radius 2 is 2.20 bits per heavy atom. The van der Waals surface area contributed by atoms with Gasteiger partial charge in [-0.25, -0.2) is 0 Å². The molecular weight excluding hydrogens is 232 g/mol. The van der Waals surface area contributed by atoms with E-state index in [2.05, 4.69) is 9.38 Å². The molecule has 0 saturated heterocycles. The summed E-state index contributed by atoms with van der Waals surface area (Å²) in [5.74, 6) is 0. The number of aromatic nitrogens is 1. The molecule has 1 heterocycles. The molecule has 0 fully saturated rings. The van der Waals surface area contributed by atoms with Gasteiger partial charge in [0, 0.05) is 11.2 Å². The van der Waals surface area contributed by atoms with E-state index < -0.39 is 11.4 Å². The standard InChI is InChI=1S/C10H13ClN2OS/c1-10(2,3)15(14)13-7-9-6-8(11)4-5-12-9/h4-7H,1-3H3. The molecule has 5 heteroatoms. The summed E-state index contributed by atoms with van der Waals surface area (Å²) in [7, 11) is 0. The van der Waals surface area contributed by atoms with Crippen molar-refractivity contribution in [2.75, 3.05) is 0 Å². The molecule has 0 aromatic carbocycles. The van der Waals surface area contributed by atoms with Crippen LogP contribution in [0.25, 0.3) is 0 Å². The van der Waals surface area contributed by atoms with E-state index >= 15 is 0 Å². The van der Waals surface area contributed by atoms with Gasteiger partial charge < -0.3 is 4.55 Å². The second-order valence-corrected chi connectivity index (χ2v) is 6.37. The monoisotopic (exact) mass is 244 g/mol. The predicted molar refractivity (Wildman–Crippen MR) is 64.7 cm³/mol. The number of pyridine rings is 1. The molecule has 1 atom stereocenters. The molecule has 1 aromatic rings. The van der Waals surface area contributed by atoms with Crippen LogP contribution in [0.5, 0.6) is 0 Å². The minimum Gasteiger partial charge on any atom is -0.591 e. The highest BCUT2D eigenvalue weighted by molar-refractivity contribution is 7.91. The fraction of sp³-hybridized carbons (Fsp3) is 0.400. The van der Waals surface area contributed by atoms with Gasteiger partial charge in [0.25, 0.3) is 0 Å². The van der Waals surface area contributed by atoms with Crippen molar-refractivity contribution in [3.05, 3.63) is 29.0 Å². The first-order valence-corrected chi connectivity index (χ1v) is 5.96. The van der Waals surface area contributed by atoms with E-state index in [0.717, 1.165) is 0 Å². The fourth-order valence-electron chi connectivity index (χ4n) is 0.752. The lowest BCUT2D eigenvalue weighted by atomic mass is 10.3. The number of rotatable bonds is 2. The Bertz CT molecular complexity index is 363. The third kappa shape index (κ3) is 4.20. The number of hydrogen-bond donors (Lipinski definition) is 0. The molecule has 0 saturated carbocycles. The van der Waals surface area contributed by atoms with Crippen molar-refractivity contribution < 1.29 is 4.55 Å². The van der Waals surface area contributed by atoms with Crippen molar-refractivity contribution >= 4 is 29.2 Å². The van der Waals surface area contributed by atoms with Gasteiger partial charge in [-0.1, -0.05) is 16.0 Å². The lowest BCUT2D eigenvalue weighted by Crippen LogP contribution is -2.25. The van der Waals surface area contributed by atoms with Gasteiger partial charge in [0.2, 0.25) is 0 Å². The molecule has 1 unspecified atom stereocenters. The summed E-state index contributed by atoms with van der Waals surface area (Å²) in [5.41, 5.74) is 0.611. The van der Waals surface area contributed by atoms with E-state index in [-0.39, 0.29) is 4.75 Å². The van der Waals surface area contributed by atoms with Crippen molar-refractivity contribution in [2.24, 2.45) is 4.40 Å². The van der Waals surface area contributed by atoms with Crippen LogP contribution in [-0.4, -0.2) is 20.5 Å². The highest BCUT2D eigenvalue weighted by atomic mass is 35.5. The number of nitrogens with zero attached hydrogens (tertiary/aromatic N) is 2. The quantitative estimate of drug-likeness (QED) is 0.593. The Balaban J connectivity index is 2.74. The Labute approximate surface area is 97.9 Å². The second-order valence-electron chi connectivity index (χ2n) is 3.99. The minimum atomic E-state index is -1.26. The first kappa shape index (κ1) is 12.5. The largest absolute Gasteiger partial charge is 0.591 e. The molecule has 3 nitrogen and oxygen atoms in total. The van der Waals surface area contributed by atoms with Gasteiger partial charge in [0.1, 0.15) is 22.3 Å². The maximum atomic E-state index is 11.6. The van der Waals surface area contributed by atoms with Crippen LogP contribution in [-0.2, 0) is 11.4 Å². The summed E-state index contributed by atoms with van der Waals surface area (Å²) >= 11 is 4.51. The SMILES string of the molecule is CC(C)(C)[S+]([O-])N=Cc1cc(Cl)ccn1. The molecule has 82 valence electrons. The van der Waals surface area contributed by atoms with E-state index in [1.807, 2.05) is 20.8 Å². The molecule has 0 bridgehead atoms. The molecule has 1 rings (SSSR count). The summed E-state index contributed by atoms with van der Waals surface area (Å²) in [6.45, 7) is 5.60. The Kier molecular flexibility index (Phi) is 4.13.